The Morgan fingerprint density at radius 3 is 2.76 bits per heavy atom. The number of aliphatic hydroxyl groups is 1. The van der Waals surface area contributed by atoms with Gasteiger partial charge in [-0.15, -0.1) is 0 Å². The van der Waals surface area contributed by atoms with Gasteiger partial charge in [0.2, 0.25) is 5.91 Å². The van der Waals surface area contributed by atoms with Crippen LogP contribution in [0.2, 0.25) is 0 Å². The van der Waals surface area contributed by atoms with E-state index in [-0.39, 0.29) is 18.4 Å². The van der Waals surface area contributed by atoms with Crippen LogP contribution < -0.4 is 5.32 Å². The number of nitrogens with one attached hydrogen (secondary N) is 1. The molecule has 1 heterocycles. The predicted molar refractivity (Wildman–Crippen MR) is 71.6 cm³/mol. The highest BCUT2D eigenvalue weighted by Crippen LogP contribution is 2.29. The smallest absolute Gasteiger partial charge is 0.393 e. The van der Waals surface area contributed by atoms with Crippen LogP contribution in [0.15, 0.2) is 24.3 Å². The number of hydrogen-bond acceptors (Lipinski definition) is 2. The van der Waals surface area contributed by atoms with E-state index >= 15 is 0 Å². The van der Waals surface area contributed by atoms with E-state index < -0.39 is 17.8 Å². The van der Waals surface area contributed by atoms with Gasteiger partial charge in [0.1, 0.15) is 0 Å². The maximum Gasteiger partial charge on any atom is 0.416 e. The normalized spacial score (nSPS) is 20.4. The first kappa shape index (κ1) is 15.8. The van der Waals surface area contributed by atoms with Crippen molar-refractivity contribution in [2.75, 3.05) is 0 Å². The van der Waals surface area contributed by atoms with Gasteiger partial charge < -0.3 is 10.4 Å². The molecule has 1 saturated heterocycles. The minimum atomic E-state index is -4.37. The Bertz CT molecular complexity index is 502. The fraction of sp³-hybridized carbons (Fsp3) is 0.533. The fourth-order valence-corrected chi connectivity index (χ4v) is 2.54. The summed E-state index contributed by atoms with van der Waals surface area (Å²) in [5.74, 6) is 0.0207. The molecule has 3 nitrogen and oxygen atoms in total. The topological polar surface area (TPSA) is 49.3 Å². The first-order valence-corrected chi connectivity index (χ1v) is 6.98. The van der Waals surface area contributed by atoms with Gasteiger partial charge in [0, 0.05) is 12.5 Å². The van der Waals surface area contributed by atoms with Crippen LogP contribution in [0.25, 0.3) is 0 Å². The first-order valence-electron chi connectivity index (χ1n) is 6.98. The van der Waals surface area contributed by atoms with E-state index in [1.54, 1.807) is 6.07 Å². The van der Waals surface area contributed by atoms with Crippen LogP contribution in [0.5, 0.6) is 0 Å². The van der Waals surface area contributed by atoms with Gasteiger partial charge in [-0.25, -0.2) is 0 Å². The summed E-state index contributed by atoms with van der Waals surface area (Å²) in [6.07, 6.45) is -2.51. The molecule has 2 N–H and O–H groups in total. The minimum Gasteiger partial charge on any atom is -0.393 e. The second-order valence-electron chi connectivity index (χ2n) is 5.44. The monoisotopic (exact) mass is 301 g/mol. The lowest BCUT2D eigenvalue weighted by Gasteiger charge is -2.15. The fourth-order valence-electron chi connectivity index (χ4n) is 2.54. The molecule has 0 saturated carbocycles. The van der Waals surface area contributed by atoms with E-state index in [4.69, 9.17) is 0 Å². The van der Waals surface area contributed by atoms with E-state index in [1.165, 1.54) is 6.07 Å². The Labute approximate surface area is 121 Å². The van der Waals surface area contributed by atoms with Crippen molar-refractivity contribution in [3.63, 3.8) is 0 Å². The first-order chi connectivity index (χ1) is 9.84. The molecule has 21 heavy (non-hydrogen) atoms. The molecule has 0 aromatic heterocycles. The second kappa shape index (κ2) is 6.47. The quantitative estimate of drug-likeness (QED) is 0.878. The molecule has 0 bridgehead atoms. The molecule has 0 radical (unpaired) electrons. The molecule has 6 heteroatoms. The number of alkyl halides is 3. The van der Waals surface area contributed by atoms with Crippen LogP contribution in [0.3, 0.4) is 0 Å². The van der Waals surface area contributed by atoms with Crippen molar-refractivity contribution in [1.29, 1.82) is 0 Å². The Hall–Kier alpha value is -1.56. The summed E-state index contributed by atoms with van der Waals surface area (Å²) < 4.78 is 37.8. The molecule has 1 aromatic rings. The molecule has 1 aliphatic rings. The van der Waals surface area contributed by atoms with Gasteiger partial charge in [0.05, 0.1) is 11.7 Å². The molecule has 2 unspecified atom stereocenters. The zero-order valence-electron chi connectivity index (χ0n) is 11.5. The number of amides is 1. The van der Waals surface area contributed by atoms with Crippen molar-refractivity contribution in [3.8, 4) is 0 Å². The van der Waals surface area contributed by atoms with Crippen LogP contribution in [-0.2, 0) is 17.4 Å². The van der Waals surface area contributed by atoms with Gasteiger partial charge in [-0.2, -0.15) is 13.2 Å². The van der Waals surface area contributed by atoms with E-state index in [1.807, 2.05) is 0 Å². The molecule has 2 rings (SSSR count). The SMILES string of the molecule is O=C1CCC(CCC(O)Cc2cccc(C(F)(F)F)c2)N1. The molecule has 1 amide bonds. The lowest BCUT2D eigenvalue weighted by molar-refractivity contribution is -0.137. The minimum absolute atomic E-state index is 0.0207. The lowest BCUT2D eigenvalue weighted by Crippen LogP contribution is -2.26. The summed E-state index contributed by atoms with van der Waals surface area (Å²) in [5.41, 5.74) is -0.233. The standard InChI is InChI=1S/C15H18F3NO2/c16-15(17,18)11-3-1-2-10(8-11)9-13(20)6-4-12-5-7-14(21)19-12/h1-3,8,12-13,20H,4-7,9H2,(H,19,21). The highest BCUT2D eigenvalue weighted by atomic mass is 19.4. The molecule has 1 fully saturated rings. The summed E-state index contributed by atoms with van der Waals surface area (Å²) in [4.78, 5) is 11.0. The third-order valence-corrected chi connectivity index (χ3v) is 3.66. The number of carbonyl (C=O) groups is 1. The molecule has 2 atom stereocenters. The van der Waals surface area contributed by atoms with Gasteiger partial charge in [0.25, 0.3) is 0 Å². The maximum absolute atomic E-state index is 12.6. The average Bonchev–Trinajstić information content (AvgIpc) is 2.82. The summed E-state index contributed by atoms with van der Waals surface area (Å²) in [5, 5.41) is 12.7. The molecular weight excluding hydrogens is 283 g/mol. The summed E-state index contributed by atoms with van der Waals surface area (Å²) in [6, 6.07) is 5.09. The highest BCUT2D eigenvalue weighted by Gasteiger charge is 2.30. The van der Waals surface area contributed by atoms with Crippen LogP contribution >= 0.6 is 0 Å². The third-order valence-electron chi connectivity index (χ3n) is 3.66. The van der Waals surface area contributed by atoms with Crippen molar-refractivity contribution in [2.24, 2.45) is 0 Å². The Morgan fingerprint density at radius 2 is 2.14 bits per heavy atom. The predicted octanol–water partition coefficient (Wildman–Crippen LogP) is 2.67. The van der Waals surface area contributed by atoms with Crippen molar-refractivity contribution >= 4 is 5.91 Å². The van der Waals surface area contributed by atoms with Crippen molar-refractivity contribution in [2.45, 2.75) is 50.4 Å². The van der Waals surface area contributed by atoms with E-state index in [2.05, 4.69) is 5.32 Å². The Balaban J connectivity index is 1.85. The van der Waals surface area contributed by atoms with Crippen LogP contribution in [-0.4, -0.2) is 23.2 Å². The lowest BCUT2D eigenvalue weighted by atomic mass is 9.99. The average molecular weight is 301 g/mol. The number of carbonyl (C=O) groups excluding carboxylic acids is 1. The van der Waals surface area contributed by atoms with Crippen LogP contribution in [0, 0.1) is 0 Å². The number of aliphatic hydroxyl groups excluding tert-OH is 1. The molecule has 0 spiro atoms. The zero-order chi connectivity index (χ0) is 15.5. The largest absolute Gasteiger partial charge is 0.416 e. The Morgan fingerprint density at radius 1 is 1.38 bits per heavy atom. The maximum atomic E-state index is 12.6. The highest BCUT2D eigenvalue weighted by molar-refractivity contribution is 5.78. The molecule has 1 aliphatic heterocycles. The van der Waals surface area contributed by atoms with Crippen molar-refractivity contribution in [3.05, 3.63) is 35.4 Å². The van der Waals surface area contributed by atoms with Crippen LogP contribution in [0.1, 0.15) is 36.8 Å². The molecular formula is C15H18F3NO2. The molecule has 1 aromatic carbocycles. The number of hydrogen-bond donors (Lipinski definition) is 2. The van der Waals surface area contributed by atoms with Gasteiger partial charge >= 0.3 is 6.18 Å². The van der Waals surface area contributed by atoms with Gasteiger partial charge in [-0.3, -0.25) is 4.79 Å². The Kier molecular flexibility index (Phi) is 4.88. The molecule has 0 aliphatic carbocycles. The van der Waals surface area contributed by atoms with Crippen molar-refractivity contribution in [1.82, 2.24) is 5.32 Å². The van der Waals surface area contributed by atoms with Gasteiger partial charge in [-0.1, -0.05) is 18.2 Å². The molecule has 116 valence electrons. The number of rotatable bonds is 5. The van der Waals surface area contributed by atoms with E-state index in [0.717, 1.165) is 18.6 Å². The van der Waals surface area contributed by atoms with Crippen molar-refractivity contribution < 1.29 is 23.1 Å². The van der Waals surface area contributed by atoms with E-state index in [9.17, 15) is 23.1 Å². The summed E-state index contributed by atoms with van der Waals surface area (Å²) >= 11 is 0. The van der Waals surface area contributed by atoms with Gasteiger partial charge in [0.15, 0.2) is 0 Å². The summed E-state index contributed by atoms with van der Waals surface area (Å²) in [6.45, 7) is 0. The van der Waals surface area contributed by atoms with E-state index in [0.29, 0.717) is 24.8 Å². The zero-order valence-corrected chi connectivity index (χ0v) is 11.5. The second-order valence-corrected chi connectivity index (χ2v) is 5.44. The van der Waals surface area contributed by atoms with Gasteiger partial charge in [-0.05, 0) is 37.3 Å². The number of halogens is 3. The number of benzene rings is 1. The van der Waals surface area contributed by atoms with Crippen LogP contribution in [0.4, 0.5) is 13.2 Å². The third kappa shape index (κ3) is 4.74. The summed E-state index contributed by atoms with van der Waals surface area (Å²) in [7, 11) is 0.